The standard InChI is InChI=1S/C22H14F7N3O4/c1-10-13(21(24,25)26)3-5-17(35-12-2-4-16(14(23)9-12)36-22(27,28)29)18(10)20(34)32-11-6-7-31-15(8-11)19(30)33/h2-9H,1H3,(H2,30,33)(H,31,32,34). The molecule has 0 saturated carbocycles. The van der Waals surface area contributed by atoms with Crippen LogP contribution in [0.25, 0.3) is 0 Å². The van der Waals surface area contributed by atoms with Crippen LogP contribution in [0.2, 0.25) is 0 Å². The van der Waals surface area contributed by atoms with Crippen molar-refractivity contribution in [2.45, 2.75) is 19.5 Å². The number of nitrogens with one attached hydrogen (secondary N) is 1. The molecule has 0 radical (unpaired) electrons. The first-order valence-electron chi connectivity index (χ1n) is 9.67. The van der Waals surface area contributed by atoms with Gasteiger partial charge >= 0.3 is 12.5 Å². The highest BCUT2D eigenvalue weighted by molar-refractivity contribution is 6.08. The summed E-state index contributed by atoms with van der Waals surface area (Å²) in [4.78, 5) is 28.0. The molecule has 0 aliphatic carbocycles. The molecule has 3 N–H and O–H groups in total. The Balaban J connectivity index is 2.01. The Morgan fingerprint density at radius 3 is 2.22 bits per heavy atom. The normalized spacial score (nSPS) is 11.7. The molecule has 0 aliphatic rings. The van der Waals surface area contributed by atoms with Gasteiger partial charge in [-0.05, 0) is 48.9 Å². The summed E-state index contributed by atoms with van der Waals surface area (Å²) in [7, 11) is 0. The summed E-state index contributed by atoms with van der Waals surface area (Å²) in [6.07, 6.45) is -8.89. The van der Waals surface area contributed by atoms with Crippen LogP contribution in [0.4, 0.5) is 36.4 Å². The number of aromatic nitrogens is 1. The van der Waals surface area contributed by atoms with Crippen LogP contribution in [-0.2, 0) is 6.18 Å². The summed E-state index contributed by atoms with van der Waals surface area (Å²) in [6, 6.07) is 5.69. The van der Waals surface area contributed by atoms with Gasteiger partial charge in [-0.15, -0.1) is 13.2 Å². The number of hydrogen-bond donors (Lipinski definition) is 2. The second-order valence-corrected chi connectivity index (χ2v) is 7.10. The third-order valence-electron chi connectivity index (χ3n) is 4.59. The molecule has 0 spiro atoms. The average Bonchev–Trinajstić information content (AvgIpc) is 2.74. The number of carbonyl (C=O) groups excluding carboxylic acids is 2. The fourth-order valence-corrected chi connectivity index (χ4v) is 3.08. The van der Waals surface area contributed by atoms with E-state index in [1.54, 1.807) is 0 Å². The topological polar surface area (TPSA) is 104 Å². The molecule has 3 aromatic rings. The van der Waals surface area contributed by atoms with Gasteiger partial charge in [-0.2, -0.15) is 13.2 Å². The first-order valence-corrected chi connectivity index (χ1v) is 9.67. The van der Waals surface area contributed by atoms with Crippen LogP contribution in [0.3, 0.4) is 0 Å². The van der Waals surface area contributed by atoms with E-state index in [2.05, 4.69) is 15.0 Å². The van der Waals surface area contributed by atoms with Gasteiger partial charge in [0, 0.05) is 18.0 Å². The minimum absolute atomic E-state index is 0.0359. The Kier molecular flexibility index (Phi) is 7.08. The van der Waals surface area contributed by atoms with E-state index in [1.807, 2.05) is 0 Å². The van der Waals surface area contributed by atoms with Crippen LogP contribution in [0, 0.1) is 12.7 Å². The predicted octanol–water partition coefficient (Wildman–Crippen LogP) is 5.59. The van der Waals surface area contributed by atoms with Gasteiger partial charge in [0.25, 0.3) is 11.8 Å². The first kappa shape index (κ1) is 26.2. The molecule has 1 aromatic heterocycles. The van der Waals surface area contributed by atoms with E-state index in [9.17, 15) is 40.3 Å². The lowest BCUT2D eigenvalue weighted by Crippen LogP contribution is -2.19. The van der Waals surface area contributed by atoms with E-state index >= 15 is 0 Å². The minimum atomic E-state index is -5.17. The Labute approximate surface area is 197 Å². The van der Waals surface area contributed by atoms with Crippen molar-refractivity contribution in [1.82, 2.24) is 4.98 Å². The van der Waals surface area contributed by atoms with E-state index in [-0.39, 0.29) is 11.4 Å². The number of ether oxygens (including phenoxy) is 2. The first-order chi connectivity index (χ1) is 16.7. The van der Waals surface area contributed by atoms with Crippen molar-refractivity contribution in [3.05, 3.63) is 76.9 Å². The molecule has 1 heterocycles. The summed E-state index contributed by atoms with van der Waals surface area (Å²) in [5.41, 5.74) is 2.51. The lowest BCUT2D eigenvalue weighted by atomic mass is 10.00. The lowest BCUT2D eigenvalue weighted by molar-refractivity contribution is -0.275. The van der Waals surface area contributed by atoms with Crippen molar-refractivity contribution < 1.29 is 49.8 Å². The zero-order valence-electron chi connectivity index (χ0n) is 17.9. The highest BCUT2D eigenvalue weighted by atomic mass is 19.4. The smallest absolute Gasteiger partial charge is 0.456 e. The van der Waals surface area contributed by atoms with Gasteiger partial charge in [0.05, 0.1) is 11.1 Å². The Hall–Kier alpha value is -4.36. The monoisotopic (exact) mass is 517 g/mol. The molecule has 190 valence electrons. The number of carbonyl (C=O) groups is 2. The number of halogens is 7. The molecule has 0 unspecified atom stereocenters. The number of rotatable bonds is 6. The number of nitrogens with two attached hydrogens (primary N) is 1. The fourth-order valence-electron chi connectivity index (χ4n) is 3.08. The van der Waals surface area contributed by atoms with Crippen molar-refractivity contribution in [1.29, 1.82) is 0 Å². The molecule has 0 fully saturated rings. The number of anilines is 1. The highest BCUT2D eigenvalue weighted by Crippen LogP contribution is 2.38. The fraction of sp³-hybridized carbons (Fsp3) is 0.136. The molecule has 0 saturated heterocycles. The third-order valence-corrected chi connectivity index (χ3v) is 4.59. The number of pyridine rings is 1. The second kappa shape index (κ2) is 9.71. The van der Waals surface area contributed by atoms with E-state index < -0.39 is 64.1 Å². The van der Waals surface area contributed by atoms with Gasteiger partial charge < -0.3 is 20.5 Å². The number of alkyl halides is 6. The average molecular weight is 517 g/mol. The molecule has 36 heavy (non-hydrogen) atoms. The van der Waals surface area contributed by atoms with E-state index in [1.165, 1.54) is 6.07 Å². The molecule has 2 amide bonds. The van der Waals surface area contributed by atoms with E-state index in [0.29, 0.717) is 18.2 Å². The van der Waals surface area contributed by atoms with Crippen LogP contribution in [-0.4, -0.2) is 23.2 Å². The third kappa shape index (κ3) is 6.20. The summed E-state index contributed by atoms with van der Waals surface area (Å²) in [5, 5.41) is 2.29. The number of hydrogen-bond acceptors (Lipinski definition) is 5. The van der Waals surface area contributed by atoms with Gasteiger partial charge in [0.1, 0.15) is 17.2 Å². The maximum atomic E-state index is 14.1. The second-order valence-electron chi connectivity index (χ2n) is 7.10. The largest absolute Gasteiger partial charge is 0.573 e. The molecule has 0 bridgehead atoms. The molecule has 0 atom stereocenters. The van der Waals surface area contributed by atoms with Gasteiger partial charge in [0.15, 0.2) is 11.6 Å². The van der Waals surface area contributed by atoms with Gasteiger partial charge in [0.2, 0.25) is 0 Å². The van der Waals surface area contributed by atoms with Gasteiger partial charge in [-0.1, -0.05) is 0 Å². The number of nitrogens with zero attached hydrogens (tertiary/aromatic N) is 1. The Morgan fingerprint density at radius 1 is 0.972 bits per heavy atom. The minimum Gasteiger partial charge on any atom is -0.456 e. The van der Waals surface area contributed by atoms with E-state index in [4.69, 9.17) is 10.5 Å². The van der Waals surface area contributed by atoms with E-state index in [0.717, 1.165) is 31.3 Å². The van der Waals surface area contributed by atoms with Crippen molar-refractivity contribution in [2.75, 3.05) is 5.32 Å². The van der Waals surface area contributed by atoms with Crippen molar-refractivity contribution in [2.24, 2.45) is 5.73 Å². The van der Waals surface area contributed by atoms with Crippen molar-refractivity contribution in [3.8, 4) is 17.2 Å². The van der Waals surface area contributed by atoms with Crippen molar-refractivity contribution >= 4 is 17.5 Å². The van der Waals surface area contributed by atoms with Crippen molar-refractivity contribution in [3.63, 3.8) is 0 Å². The maximum Gasteiger partial charge on any atom is 0.573 e. The Bertz CT molecular complexity index is 1320. The molecule has 3 rings (SSSR count). The molecule has 14 heteroatoms. The summed E-state index contributed by atoms with van der Waals surface area (Å²) in [6.45, 7) is 0.993. The zero-order valence-corrected chi connectivity index (χ0v) is 17.9. The van der Waals surface area contributed by atoms with Crippen LogP contribution < -0.4 is 20.5 Å². The van der Waals surface area contributed by atoms with Crippen LogP contribution >= 0.6 is 0 Å². The summed E-state index contributed by atoms with van der Waals surface area (Å²) in [5.74, 6) is -5.58. The van der Waals surface area contributed by atoms with Gasteiger partial charge in [-0.25, -0.2) is 4.39 Å². The number of primary amides is 1. The Morgan fingerprint density at radius 2 is 1.64 bits per heavy atom. The van der Waals surface area contributed by atoms with Crippen LogP contribution in [0.5, 0.6) is 17.2 Å². The molecular weight excluding hydrogens is 503 g/mol. The van der Waals surface area contributed by atoms with Crippen LogP contribution in [0.15, 0.2) is 48.7 Å². The number of benzene rings is 2. The SMILES string of the molecule is Cc1c(C(F)(F)F)ccc(Oc2ccc(OC(F)(F)F)c(F)c2)c1C(=O)Nc1ccnc(C(N)=O)c1. The summed E-state index contributed by atoms with van der Waals surface area (Å²) >= 11 is 0. The predicted molar refractivity (Wildman–Crippen MR) is 110 cm³/mol. The highest BCUT2D eigenvalue weighted by Gasteiger charge is 2.35. The number of amides is 2. The maximum absolute atomic E-state index is 14.1. The molecule has 2 aromatic carbocycles. The lowest BCUT2D eigenvalue weighted by Gasteiger charge is -2.18. The quantitative estimate of drug-likeness (QED) is 0.415. The molecule has 0 aliphatic heterocycles. The molecular formula is C22H14F7N3O4. The van der Waals surface area contributed by atoms with Crippen LogP contribution in [0.1, 0.15) is 32.0 Å². The summed E-state index contributed by atoms with van der Waals surface area (Å²) < 4.78 is 100. The zero-order chi connectivity index (χ0) is 26.8. The molecule has 7 nitrogen and oxygen atoms in total. The van der Waals surface area contributed by atoms with Gasteiger partial charge in [-0.3, -0.25) is 14.6 Å².